The Kier molecular flexibility index (Phi) is 3.21. The molecule has 0 radical (unpaired) electrons. The van der Waals surface area contributed by atoms with E-state index < -0.39 is 0 Å². The number of hydrogen-bond acceptors (Lipinski definition) is 4. The SMILES string of the molecule is N#Cc1ccc(NC(=O)c2ccccc2N)nc1. The normalized spacial score (nSPS) is 9.50. The number of carbonyl (C=O) groups is 1. The quantitative estimate of drug-likeness (QED) is 0.780. The van der Waals surface area contributed by atoms with Gasteiger partial charge in [0.05, 0.1) is 11.1 Å². The van der Waals surface area contributed by atoms with Crippen molar-refractivity contribution in [1.82, 2.24) is 4.98 Å². The van der Waals surface area contributed by atoms with Crippen molar-refractivity contribution in [3.8, 4) is 6.07 Å². The number of nitrogen functional groups attached to an aromatic ring is 1. The standard InChI is InChI=1S/C13H10N4O/c14-7-9-5-6-12(16-8-9)17-13(18)10-3-1-2-4-11(10)15/h1-6,8H,15H2,(H,16,17,18). The molecule has 0 bridgehead atoms. The van der Waals surface area contributed by atoms with E-state index in [9.17, 15) is 4.79 Å². The molecule has 2 aromatic rings. The first-order valence-corrected chi connectivity index (χ1v) is 5.22. The van der Waals surface area contributed by atoms with Crippen LogP contribution in [0.2, 0.25) is 0 Å². The summed E-state index contributed by atoms with van der Waals surface area (Å²) in [5.41, 5.74) is 6.93. The Hall–Kier alpha value is -2.87. The predicted molar refractivity (Wildman–Crippen MR) is 67.8 cm³/mol. The number of para-hydroxylation sites is 1. The minimum absolute atomic E-state index is 0.328. The summed E-state index contributed by atoms with van der Waals surface area (Å²) >= 11 is 0. The molecule has 2 rings (SSSR count). The monoisotopic (exact) mass is 238 g/mol. The molecule has 1 amide bonds. The van der Waals surface area contributed by atoms with Crippen LogP contribution in [0, 0.1) is 11.3 Å². The molecule has 0 spiro atoms. The molecule has 0 aliphatic carbocycles. The summed E-state index contributed by atoms with van der Waals surface area (Å²) in [7, 11) is 0. The summed E-state index contributed by atoms with van der Waals surface area (Å²) in [5, 5.41) is 11.2. The maximum absolute atomic E-state index is 11.9. The average molecular weight is 238 g/mol. The number of carbonyl (C=O) groups excluding carboxylic acids is 1. The lowest BCUT2D eigenvalue weighted by molar-refractivity contribution is 0.102. The van der Waals surface area contributed by atoms with Crippen molar-refractivity contribution in [3.05, 3.63) is 53.7 Å². The molecule has 0 aliphatic heterocycles. The number of hydrogen-bond donors (Lipinski definition) is 2. The van der Waals surface area contributed by atoms with Gasteiger partial charge in [0.15, 0.2) is 0 Å². The summed E-state index contributed by atoms with van der Waals surface area (Å²) in [6, 6.07) is 11.9. The third-order valence-electron chi connectivity index (χ3n) is 2.34. The lowest BCUT2D eigenvalue weighted by atomic mass is 10.1. The Balaban J connectivity index is 2.17. The Morgan fingerprint density at radius 3 is 2.67 bits per heavy atom. The van der Waals surface area contributed by atoms with Crippen LogP contribution in [0.15, 0.2) is 42.6 Å². The molecule has 0 unspecified atom stereocenters. The first-order valence-electron chi connectivity index (χ1n) is 5.22. The smallest absolute Gasteiger partial charge is 0.258 e. The summed E-state index contributed by atoms with van der Waals surface area (Å²) in [5.74, 6) is 0.0487. The fourth-order valence-corrected chi connectivity index (χ4v) is 1.42. The number of nitrogens with zero attached hydrogens (tertiary/aromatic N) is 2. The molecule has 1 aromatic heterocycles. The minimum Gasteiger partial charge on any atom is -0.398 e. The van der Waals surface area contributed by atoms with Crippen LogP contribution in [0.25, 0.3) is 0 Å². The number of benzene rings is 1. The molecule has 3 N–H and O–H groups in total. The van der Waals surface area contributed by atoms with Gasteiger partial charge in [-0.2, -0.15) is 5.26 Å². The zero-order valence-electron chi connectivity index (χ0n) is 9.42. The number of aromatic nitrogens is 1. The second-order valence-electron chi connectivity index (χ2n) is 3.59. The van der Waals surface area contributed by atoms with E-state index in [0.717, 1.165) is 0 Å². The van der Waals surface area contributed by atoms with Gasteiger partial charge in [-0.3, -0.25) is 4.79 Å². The van der Waals surface area contributed by atoms with Gasteiger partial charge in [0.2, 0.25) is 0 Å². The highest BCUT2D eigenvalue weighted by atomic mass is 16.1. The highest BCUT2D eigenvalue weighted by molar-refractivity contribution is 6.07. The second kappa shape index (κ2) is 4.97. The number of nitriles is 1. The van der Waals surface area contributed by atoms with E-state index in [-0.39, 0.29) is 5.91 Å². The molecular formula is C13H10N4O. The molecule has 0 aliphatic rings. The number of nitrogens with one attached hydrogen (secondary N) is 1. The van der Waals surface area contributed by atoms with Crippen LogP contribution in [-0.2, 0) is 0 Å². The maximum atomic E-state index is 11.9. The van der Waals surface area contributed by atoms with Crippen LogP contribution in [0.5, 0.6) is 0 Å². The van der Waals surface area contributed by atoms with Gasteiger partial charge in [0.25, 0.3) is 5.91 Å². The largest absolute Gasteiger partial charge is 0.398 e. The van der Waals surface area contributed by atoms with E-state index in [2.05, 4.69) is 10.3 Å². The lowest BCUT2D eigenvalue weighted by Crippen LogP contribution is -2.14. The van der Waals surface area contributed by atoms with Crippen molar-refractivity contribution in [2.24, 2.45) is 0 Å². The van der Waals surface area contributed by atoms with Crippen molar-refractivity contribution < 1.29 is 4.79 Å². The van der Waals surface area contributed by atoms with E-state index in [1.165, 1.54) is 6.20 Å². The molecule has 0 saturated carbocycles. The molecular weight excluding hydrogens is 228 g/mol. The third kappa shape index (κ3) is 2.44. The van der Waals surface area contributed by atoms with Gasteiger partial charge < -0.3 is 11.1 Å². The second-order valence-corrected chi connectivity index (χ2v) is 3.59. The molecule has 88 valence electrons. The van der Waals surface area contributed by atoms with Crippen LogP contribution >= 0.6 is 0 Å². The van der Waals surface area contributed by atoms with Crippen LogP contribution in [-0.4, -0.2) is 10.9 Å². The van der Waals surface area contributed by atoms with Crippen molar-refractivity contribution in [2.75, 3.05) is 11.1 Å². The van der Waals surface area contributed by atoms with Crippen molar-refractivity contribution in [2.45, 2.75) is 0 Å². The third-order valence-corrected chi connectivity index (χ3v) is 2.34. The zero-order chi connectivity index (χ0) is 13.0. The van der Waals surface area contributed by atoms with Crippen LogP contribution in [0.4, 0.5) is 11.5 Å². The van der Waals surface area contributed by atoms with Crippen molar-refractivity contribution >= 4 is 17.4 Å². The fraction of sp³-hybridized carbons (Fsp3) is 0. The van der Waals surface area contributed by atoms with Crippen LogP contribution in [0.3, 0.4) is 0 Å². The molecule has 5 nitrogen and oxygen atoms in total. The highest BCUT2D eigenvalue weighted by Gasteiger charge is 2.09. The predicted octanol–water partition coefficient (Wildman–Crippen LogP) is 1.79. The minimum atomic E-state index is -0.328. The molecule has 0 atom stereocenters. The Bertz CT molecular complexity index is 614. The molecule has 0 saturated heterocycles. The van der Waals surface area contributed by atoms with Gasteiger partial charge in [-0.05, 0) is 24.3 Å². The number of anilines is 2. The Labute approximate surface area is 104 Å². The van der Waals surface area contributed by atoms with Crippen LogP contribution < -0.4 is 11.1 Å². The van der Waals surface area contributed by atoms with E-state index in [1.807, 2.05) is 6.07 Å². The zero-order valence-corrected chi connectivity index (χ0v) is 9.42. The maximum Gasteiger partial charge on any atom is 0.258 e. The Morgan fingerprint density at radius 1 is 1.28 bits per heavy atom. The molecule has 1 aromatic carbocycles. The van der Waals surface area contributed by atoms with Crippen molar-refractivity contribution in [3.63, 3.8) is 0 Å². The van der Waals surface area contributed by atoms with Gasteiger partial charge in [-0.15, -0.1) is 0 Å². The summed E-state index contributed by atoms with van der Waals surface area (Å²) in [6.45, 7) is 0. The Morgan fingerprint density at radius 2 is 2.06 bits per heavy atom. The van der Waals surface area contributed by atoms with E-state index in [4.69, 9.17) is 11.0 Å². The van der Waals surface area contributed by atoms with Gasteiger partial charge in [-0.1, -0.05) is 12.1 Å². The van der Waals surface area contributed by atoms with Crippen molar-refractivity contribution in [1.29, 1.82) is 5.26 Å². The number of amides is 1. The molecule has 18 heavy (non-hydrogen) atoms. The van der Waals surface area contributed by atoms with E-state index >= 15 is 0 Å². The summed E-state index contributed by atoms with van der Waals surface area (Å²) < 4.78 is 0. The summed E-state index contributed by atoms with van der Waals surface area (Å²) in [6.07, 6.45) is 1.39. The van der Waals surface area contributed by atoms with E-state index in [0.29, 0.717) is 22.6 Å². The number of pyridine rings is 1. The molecule has 0 fully saturated rings. The summed E-state index contributed by atoms with van der Waals surface area (Å²) in [4.78, 5) is 15.8. The first-order chi connectivity index (χ1) is 8.70. The fourth-order valence-electron chi connectivity index (χ4n) is 1.42. The molecule has 1 heterocycles. The van der Waals surface area contributed by atoms with Gasteiger partial charge in [0.1, 0.15) is 11.9 Å². The topological polar surface area (TPSA) is 91.8 Å². The average Bonchev–Trinajstić information content (AvgIpc) is 2.40. The number of rotatable bonds is 2. The number of nitrogens with two attached hydrogens (primary N) is 1. The first kappa shape index (κ1) is 11.6. The lowest BCUT2D eigenvalue weighted by Gasteiger charge is -2.06. The molecule has 5 heteroatoms. The van der Waals surface area contributed by atoms with Gasteiger partial charge >= 0.3 is 0 Å². The van der Waals surface area contributed by atoms with Crippen LogP contribution in [0.1, 0.15) is 15.9 Å². The van der Waals surface area contributed by atoms with E-state index in [1.54, 1.807) is 36.4 Å². The van der Waals surface area contributed by atoms with Gasteiger partial charge in [0, 0.05) is 11.9 Å². The highest BCUT2D eigenvalue weighted by Crippen LogP contribution is 2.13. The van der Waals surface area contributed by atoms with Gasteiger partial charge in [-0.25, -0.2) is 4.98 Å².